The van der Waals surface area contributed by atoms with Crippen LogP contribution in [0, 0.1) is 0 Å². The number of nitrogens with zero attached hydrogens (tertiary/aromatic N) is 2. The van der Waals surface area contributed by atoms with Gasteiger partial charge in [0.1, 0.15) is 12.2 Å². The fraction of sp³-hybridized carbons (Fsp3) is 0.571. The summed E-state index contributed by atoms with van der Waals surface area (Å²) < 4.78 is 51.4. The molecule has 2 aliphatic rings. The number of carbonyl (C=O) groups is 2. The highest BCUT2D eigenvalue weighted by Crippen LogP contribution is 2.34. The van der Waals surface area contributed by atoms with Crippen LogP contribution in [0.5, 0.6) is 0 Å². The van der Waals surface area contributed by atoms with E-state index in [2.05, 4.69) is 5.32 Å². The maximum absolute atomic E-state index is 13.3. The molecule has 1 fully saturated rings. The van der Waals surface area contributed by atoms with E-state index in [1.54, 1.807) is 7.05 Å². The Balaban J connectivity index is 1.98. The number of amides is 3. The van der Waals surface area contributed by atoms with Gasteiger partial charge in [-0.05, 0) is 11.6 Å². The zero-order chi connectivity index (χ0) is 17.4. The Morgan fingerprint density at radius 2 is 2.04 bits per heavy atom. The first-order valence-corrected chi connectivity index (χ1v) is 6.98. The fourth-order valence-corrected chi connectivity index (χ4v) is 2.54. The Hall–Kier alpha value is -2.06. The minimum Gasteiger partial charge on any atom is -0.350 e. The van der Waals surface area contributed by atoms with Gasteiger partial charge >= 0.3 is 12.2 Å². The van der Waals surface area contributed by atoms with Gasteiger partial charge in [-0.15, -0.1) is 0 Å². The molecule has 9 heteroatoms. The van der Waals surface area contributed by atoms with Crippen molar-refractivity contribution >= 4 is 11.9 Å². The van der Waals surface area contributed by atoms with Crippen molar-refractivity contribution in [1.29, 1.82) is 0 Å². The predicted octanol–water partition coefficient (Wildman–Crippen LogP) is 1.63. The molecule has 2 atom stereocenters. The molecule has 1 aliphatic carbocycles. The summed E-state index contributed by atoms with van der Waals surface area (Å²) in [4.78, 5) is 26.3. The molecule has 0 spiro atoms. The van der Waals surface area contributed by atoms with Gasteiger partial charge in [-0.2, -0.15) is 13.2 Å². The summed E-state index contributed by atoms with van der Waals surface area (Å²) >= 11 is 0. The second-order valence-electron chi connectivity index (χ2n) is 5.59. The van der Waals surface area contributed by atoms with Crippen molar-refractivity contribution in [2.24, 2.45) is 0 Å². The standard InChI is InChI=1S/C14H17F4N3O2/c1-20-7-11(21(2)13(20)23)12(22)19-6-8-3-4-10(15)9(5-8)14(16,17)18/h3,5,10-11H,4,6-7H2,1-2H3,(H,19,22). The third-order valence-corrected chi connectivity index (χ3v) is 3.90. The first-order chi connectivity index (χ1) is 10.6. The monoisotopic (exact) mass is 335 g/mol. The van der Waals surface area contributed by atoms with Crippen LogP contribution in [0.3, 0.4) is 0 Å². The lowest BCUT2D eigenvalue weighted by molar-refractivity contribution is -0.124. The Kier molecular flexibility index (Phi) is 4.67. The van der Waals surface area contributed by atoms with E-state index >= 15 is 0 Å². The van der Waals surface area contributed by atoms with Crippen molar-refractivity contribution in [2.45, 2.75) is 24.8 Å². The number of carbonyl (C=O) groups excluding carboxylic acids is 2. The zero-order valence-electron chi connectivity index (χ0n) is 12.7. The van der Waals surface area contributed by atoms with Gasteiger partial charge < -0.3 is 15.1 Å². The van der Waals surface area contributed by atoms with Crippen molar-refractivity contribution < 1.29 is 27.2 Å². The summed E-state index contributed by atoms with van der Waals surface area (Å²) in [6.07, 6.45) is -5.13. The van der Waals surface area contributed by atoms with Crippen molar-refractivity contribution in [3.8, 4) is 0 Å². The number of alkyl halides is 4. The highest BCUT2D eigenvalue weighted by atomic mass is 19.4. The van der Waals surface area contributed by atoms with E-state index in [-0.39, 0.29) is 31.1 Å². The zero-order valence-corrected chi connectivity index (χ0v) is 12.7. The lowest BCUT2D eigenvalue weighted by Crippen LogP contribution is -2.44. The molecule has 3 amide bonds. The molecule has 5 nitrogen and oxygen atoms in total. The molecule has 2 rings (SSSR count). The highest BCUT2D eigenvalue weighted by Gasteiger charge is 2.40. The van der Waals surface area contributed by atoms with Crippen LogP contribution in [-0.2, 0) is 4.79 Å². The van der Waals surface area contributed by atoms with Crippen LogP contribution >= 0.6 is 0 Å². The third-order valence-electron chi connectivity index (χ3n) is 3.90. The number of hydrogen-bond donors (Lipinski definition) is 1. The number of urea groups is 1. The van der Waals surface area contributed by atoms with E-state index in [1.807, 2.05) is 0 Å². The number of nitrogens with one attached hydrogen (secondary N) is 1. The summed E-state index contributed by atoms with van der Waals surface area (Å²) in [6, 6.07) is -1.00. The number of rotatable bonds is 3. The predicted molar refractivity (Wildman–Crippen MR) is 74.3 cm³/mol. The highest BCUT2D eigenvalue weighted by molar-refractivity contribution is 5.90. The SMILES string of the molecule is CN1CC(C(=O)NCC2=CCC(F)C(C(F)(F)F)=C2)N(C)C1=O. The summed E-state index contributed by atoms with van der Waals surface area (Å²) in [6.45, 7) is 0.0593. The largest absolute Gasteiger partial charge is 0.415 e. The molecule has 128 valence electrons. The van der Waals surface area contributed by atoms with Crippen molar-refractivity contribution in [2.75, 3.05) is 27.2 Å². The molecule has 1 heterocycles. The first kappa shape index (κ1) is 17.3. The molecule has 0 radical (unpaired) electrons. The molecule has 0 aromatic heterocycles. The first-order valence-electron chi connectivity index (χ1n) is 6.98. The van der Waals surface area contributed by atoms with Crippen molar-refractivity contribution in [1.82, 2.24) is 15.1 Å². The number of likely N-dealkylation sites (N-methyl/N-ethyl adjacent to an activating group) is 2. The second kappa shape index (κ2) is 6.21. The molecule has 0 aromatic rings. The van der Waals surface area contributed by atoms with Gasteiger partial charge in [-0.3, -0.25) is 4.79 Å². The molecule has 1 aliphatic heterocycles. The summed E-state index contributed by atoms with van der Waals surface area (Å²) in [7, 11) is 3.03. The maximum Gasteiger partial charge on any atom is 0.415 e. The van der Waals surface area contributed by atoms with E-state index in [1.165, 1.54) is 22.9 Å². The molecular formula is C14H17F4N3O2. The Labute approximate surface area is 130 Å². The topological polar surface area (TPSA) is 52.7 Å². The Bertz CT molecular complexity index is 571. The molecule has 0 saturated carbocycles. The van der Waals surface area contributed by atoms with Crippen molar-refractivity contribution in [3.63, 3.8) is 0 Å². The quantitative estimate of drug-likeness (QED) is 0.797. The molecule has 2 unspecified atom stereocenters. The molecule has 1 saturated heterocycles. The lowest BCUT2D eigenvalue weighted by atomic mass is 9.97. The van der Waals surface area contributed by atoms with Crippen molar-refractivity contribution in [3.05, 3.63) is 23.3 Å². The summed E-state index contributed by atoms with van der Waals surface area (Å²) in [5.41, 5.74) is -1.04. The molecule has 23 heavy (non-hydrogen) atoms. The minimum absolute atomic E-state index is 0.145. The average molecular weight is 335 g/mol. The van der Waals surface area contributed by atoms with E-state index in [9.17, 15) is 27.2 Å². The van der Waals surface area contributed by atoms with E-state index in [0.29, 0.717) is 0 Å². The summed E-state index contributed by atoms with van der Waals surface area (Å²) in [5, 5.41) is 2.49. The molecular weight excluding hydrogens is 318 g/mol. The smallest absolute Gasteiger partial charge is 0.350 e. The van der Waals surface area contributed by atoms with Gasteiger partial charge in [-0.1, -0.05) is 6.08 Å². The minimum atomic E-state index is -4.73. The Morgan fingerprint density at radius 3 is 2.57 bits per heavy atom. The molecule has 0 bridgehead atoms. The van der Waals surface area contributed by atoms with Crippen LogP contribution in [0.1, 0.15) is 6.42 Å². The van der Waals surface area contributed by atoms with E-state index in [0.717, 1.165) is 6.08 Å². The second-order valence-corrected chi connectivity index (χ2v) is 5.59. The van der Waals surface area contributed by atoms with E-state index < -0.39 is 29.9 Å². The van der Waals surface area contributed by atoms with Crippen LogP contribution in [0.4, 0.5) is 22.4 Å². The molecule has 0 aromatic carbocycles. The van der Waals surface area contributed by atoms with Crippen LogP contribution in [0.2, 0.25) is 0 Å². The van der Waals surface area contributed by atoms with Gasteiger partial charge in [0, 0.05) is 27.1 Å². The lowest BCUT2D eigenvalue weighted by Gasteiger charge is -2.21. The van der Waals surface area contributed by atoms with Crippen LogP contribution in [0.25, 0.3) is 0 Å². The van der Waals surface area contributed by atoms with Crippen LogP contribution in [0.15, 0.2) is 23.3 Å². The number of allylic oxidation sites excluding steroid dienone is 2. The van der Waals surface area contributed by atoms with Gasteiger partial charge in [0.2, 0.25) is 5.91 Å². The van der Waals surface area contributed by atoms with Gasteiger partial charge in [-0.25, -0.2) is 9.18 Å². The maximum atomic E-state index is 13.3. The summed E-state index contributed by atoms with van der Waals surface area (Å²) in [5.74, 6) is -0.463. The third kappa shape index (κ3) is 3.65. The normalized spacial score (nSPS) is 25.4. The number of hydrogen-bond acceptors (Lipinski definition) is 2. The van der Waals surface area contributed by atoms with Gasteiger partial charge in [0.05, 0.1) is 12.1 Å². The van der Waals surface area contributed by atoms with E-state index in [4.69, 9.17) is 0 Å². The van der Waals surface area contributed by atoms with Gasteiger partial charge in [0.25, 0.3) is 0 Å². The fourth-order valence-electron chi connectivity index (χ4n) is 2.54. The Morgan fingerprint density at radius 1 is 1.39 bits per heavy atom. The average Bonchev–Trinajstić information content (AvgIpc) is 2.72. The van der Waals surface area contributed by atoms with Crippen LogP contribution in [-0.4, -0.2) is 67.3 Å². The number of halogens is 4. The van der Waals surface area contributed by atoms with Crippen LogP contribution < -0.4 is 5.32 Å². The van der Waals surface area contributed by atoms with Gasteiger partial charge in [0.15, 0.2) is 0 Å². The molecule has 1 N–H and O–H groups in total.